The molecule has 5 heteroatoms. The van der Waals surface area contributed by atoms with Crippen LogP contribution in [0.5, 0.6) is 5.75 Å². The van der Waals surface area contributed by atoms with E-state index in [9.17, 15) is 5.11 Å². The lowest BCUT2D eigenvalue weighted by atomic mass is 10.1. The quantitative estimate of drug-likeness (QED) is 0.639. The summed E-state index contributed by atoms with van der Waals surface area (Å²) in [7, 11) is 0. The van der Waals surface area contributed by atoms with Gasteiger partial charge in [0.25, 0.3) is 0 Å². The third kappa shape index (κ3) is 2.76. The van der Waals surface area contributed by atoms with Gasteiger partial charge in [0.1, 0.15) is 17.2 Å². The van der Waals surface area contributed by atoms with E-state index in [-0.39, 0.29) is 5.75 Å². The fourth-order valence-corrected chi connectivity index (χ4v) is 2.26. The third-order valence-electron chi connectivity index (χ3n) is 3.38. The number of furan rings is 1. The molecule has 2 aromatic heterocycles. The molecule has 0 unspecified atom stereocenters. The van der Waals surface area contributed by atoms with Crippen molar-refractivity contribution in [2.24, 2.45) is 0 Å². The number of phenolic OH excluding ortho intramolecular Hbond substituents is 1. The number of aromatic nitrogens is 2. The molecule has 0 aliphatic rings. The maximum atomic E-state index is 9.43. The Morgan fingerprint density at radius 1 is 1.24 bits per heavy atom. The Morgan fingerprint density at radius 3 is 2.81 bits per heavy atom. The second kappa shape index (κ2) is 5.36. The average molecular weight is 283 g/mol. The molecule has 3 rings (SSSR count). The highest BCUT2D eigenvalue weighted by molar-refractivity contribution is 5.59. The van der Waals surface area contributed by atoms with Gasteiger partial charge in [0, 0.05) is 17.8 Å². The zero-order valence-corrected chi connectivity index (χ0v) is 12.0. The largest absolute Gasteiger partial charge is 0.508 e. The van der Waals surface area contributed by atoms with Crippen LogP contribution < -0.4 is 5.32 Å². The first-order valence-corrected chi connectivity index (χ1v) is 6.76. The van der Waals surface area contributed by atoms with Crippen molar-refractivity contribution >= 4 is 5.69 Å². The Morgan fingerprint density at radius 2 is 2.10 bits per heavy atom. The number of H-pyrrole nitrogens is 1. The molecular weight excluding hydrogens is 266 g/mol. The van der Waals surface area contributed by atoms with E-state index < -0.39 is 0 Å². The predicted molar refractivity (Wildman–Crippen MR) is 81.2 cm³/mol. The average Bonchev–Trinajstić information content (AvgIpc) is 3.06. The minimum Gasteiger partial charge on any atom is -0.508 e. The Balaban J connectivity index is 1.79. The number of rotatable bonds is 4. The lowest BCUT2D eigenvalue weighted by Crippen LogP contribution is -2.01. The number of phenols is 1. The van der Waals surface area contributed by atoms with Crippen LogP contribution in [0.15, 0.2) is 40.9 Å². The predicted octanol–water partition coefficient (Wildman–Crippen LogP) is 3.60. The van der Waals surface area contributed by atoms with Crippen LogP contribution in [0.25, 0.3) is 11.5 Å². The normalized spacial score (nSPS) is 10.8. The molecule has 0 atom stereocenters. The SMILES string of the molecule is Cc1ccc(-c2[nH]ncc2CNc2ccc(O)cc2C)o1. The smallest absolute Gasteiger partial charge is 0.152 e. The Hall–Kier alpha value is -2.69. The van der Waals surface area contributed by atoms with Crippen molar-refractivity contribution in [2.75, 3.05) is 5.32 Å². The molecule has 0 spiro atoms. The molecule has 3 N–H and O–H groups in total. The number of hydrogen-bond acceptors (Lipinski definition) is 4. The van der Waals surface area contributed by atoms with Gasteiger partial charge >= 0.3 is 0 Å². The zero-order valence-electron chi connectivity index (χ0n) is 12.0. The summed E-state index contributed by atoms with van der Waals surface area (Å²) in [6, 6.07) is 9.12. The van der Waals surface area contributed by atoms with Gasteiger partial charge in [-0.3, -0.25) is 5.10 Å². The topological polar surface area (TPSA) is 74.1 Å². The van der Waals surface area contributed by atoms with E-state index in [2.05, 4.69) is 15.5 Å². The summed E-state index contributed by atoms with van der Waals surface area (Å²) < 4.78 is 5.63. The van der Waals surface area contributed by atoms with E-state index in [1.165, 1.54) is 0 Å². The Kier molecular flexibility index (Phi) is 3.39. The van der Waals surface area contributed by atoms with Crippen molar-refractivity contribution in [3.63, 3.8) is 0 Å². The fourth-order valence-electron chi connectivity index (χ4n) is 2.26. The second-order valence-electron chi connectivity index (χ2n) is 5.03. The van der Waals surface area contributed by atoms with E-state index in [1.807, 2.05) is 32.0 Å². The number of aromatic hydroxyl groups is 1. The van der Waals surface area contributed by atoms with Crippen LogP contribution in [0.1, 0.15) is 16.9 Å². The summed E-state index contributed by atoms with van der Waals surface area (Å²) in [5.74, 6) is 1.92. The molecule has 108 valence electrons. The molecule has 0 saturated carbocycles. The van der Waals surface area contributed by atoms with Gasteiger partial charge in [-0.25, -0.2) is 0 Å². The maximum Gasteiger partial charge on any atom is 0.152 e. The van der Waals surface area contributed by atoms with Crippen molar-refractivity contribution < 1.29 is 9.52 Å². The summed E-state index contributed by atoms with van der Waals surface area (Å²) in [4.78, 5) is 0. The molecule has 3 aromatic rings. The standard InChI is InChI=1S/C16H17N3O2/c1-10-7-13(20)4-5-14(10)17-8-12-9-18-19-16(12)15-6-3-11(2)21-15/h3-7,9,17,20H,8H2,1-2H3,(H,18,19). The molecule has 0 bridgehead atoms. The molecule has 0 aliphatic heterocycles. The lowest BCUT2D eigenvalue weighted by molar-refractivity contribution is 0.475. The second-order valence-corrected chi connectivity index (χ2v) is 5.03. The first kappa shape index (κ1) is 13.3. The third-order valence-corrected chi connectivity index (χ3v) is 3.38. The zero-order chi connectivity index (χ0) is 14.8. The molecule has 5 nitrogen and oxygen atoms in total. The highest BCUT2D eigenvalue weighted by atomic mass is 16.3. The maximum absolute atomic E-state index is 9.43. The van der Waals surface area contributed by atoms with E-state index in [4.69, 9.17) is 4.42 Å². The van der Waals surface area contributed by atoms with E-state index in [0.29, 0.717) is 6.54 Å². The van der Waals surface area contributed by atoms with Crippen LogP contribution >= 0.6 is 0 Å². The summed E-state index contributed by atoms with van der Waals surface area (Å²) in [5, 5.41) is 19.8. The Labute approximate surface area is 122 Å². The van der Waals surface area contributed by atoms with Crippen molar-refractivity contribution in [3.8, 4) is 17.2 Å². The summed E-state index contributed by atoms with van der Waals surface area (Å²) in [5.41, 5.74) is 3.88. The number of anilines is 1. The van der Waals surface area contributed by atoms with Gasteiger partial charge in [-0.2, -0.15) is 5.10 Å². The fraction of sp³-hybridized carbons (Fsp3) is 0.188. The number of aryl methyl sites for hydroxylation is 2. The van der Waals surface area contributed by atoms with Crippen molar-refractivity contribution in [1.29, 1.82) is 0 Å². The van der Waals surface area contributed by atoms with Crippen molar-refractivity contribution in [1.82, 2.24) is 10.2 Å². The lowest BCUT2D eigenvalue weighted by Gasteiger charge is -2.09. The van der Waals surface area contributed by atoms with Crippen LogP contribution in [-0.2, 0) is 6.54 Å². The molecule has 21 heavy (non-hydrogen) atoms. The van der Waals surface area contributed by atoms with Gasteiger partial charge in [-0.1, -0.05) is 0 Å². The van der Waals surface area contributed by atoms with E-state index >= 15 is 0 Å². The van der Waals surface area contributed by atoms with Gasteiger partial charge in [0.15, 0.2) is 5.76 Å². The number of nitrogens with one attached hydrogen (secondary N) is 2. The van der Waals surface area contributed by atoms with Gasteiger partial charge in [-0.15, -0.1) is 0 Å². The monoisotopic (exact) mass is 283 g/mol. The van der Waals surface area contributed by atoms with E-state index in [0.717, 1.165) is 34.0 Å². The van der Waals surface area contributed by atoms with Crippen LogP contribution in [0.3, 0.4) is 0 Å². The molecule has 0 amide bonds. The minimum atomic E-state index is 0.271. The Bertz CT molecular complexity index is 758. The highest BCUT2D eigenvalue weighted by Crippen LogP contribution is 2.25. The van der Waals surface area contributed by atoms with E-state index in [1.54, 1.807) is 18.3 Å². The van der Waals surface area contributed by atoms with Crippen molar-refractivity contribution in [3.05, 3.63) is 53.4 Å². The van der Waals surface area contributed by atoms with Crippen LogP contribution in [0.4, 0.5) is 5.69 Å². The summed E-state index contributed by atoms with van der Waals surface area (Å²) in [6.07, 6.45) is 1.79. The minimum absolute atomic E-state index is 0.271. The summed E-state index contributed by atoms with van der Waals surface area (Å²) in [6.45, 7) is 4.49. The number of benzene rings is 1. The molecule has 0 radical (unpaired) electrons. The number of nitrogens with zero attached hydrogens (tertiary/aromatic N) is 1. The van der Waals surface area contributed by atoms with Crippen LogP contribution in [-0.4, -0.2) is 15.3 Å². The molecular formula is C16H17N3O2. The first-order chi connectivity index (χ1) is 10.1. The molecule has 0 fully saturated rings. The molecule has 0 aliphatic carbocycles. The molecule has 2 heterocycles. The molecule has 0 saturated heterocycles. The number of aromatic amines is 1. The highest BCUT2D eigenvalue weighted by Gasteiger charge is 2.11. The summed E-state index contributed by atoms with van der Waals surface area (Å²) >= 11 is 0. The number of hydrogen-bond donors (Lipinski definition) is 3. The van der Waals surface area contributed by atoms with Gasteiger partial charge in [-0.05, 0) is 49.7 Å². The van der Waals surface area contributed by atoms with Gasteiger partial charge < -0.3 is 14.8 Å². The van der Waals surface area contributed by atoms with Crippen molar-refractivity contribution in [2.45, 2.75) is 20.4 Å². The first-order valence-electron chi connectivity index (χ1n) is 6.76. The van der Waals surface area contributed by atoms with Crippen LogP contribution in [0, 0.1) is 13.8 Å². The van der Waals surface area contributed by atoms with Gasteiger partial charge in [0.05, 0.1) is 6.20 Å². The molecule has 1 aromatic carbocycles. The van der Waals surface area contributed by atoms with Gasteiger partial charge in [0.2, 0.25) is 0 Å². The van der Waals surface area contributed by atoms with Crippen LogP contribution in [0.2, 0.25) is 0 Å².